The van der Waals surface area contributed by atoms with Crippen molar-refractivity contribution in [3.05, 3.63) is 52.9 Å². The Labute approximate surface area is 118 Å². The molecule has 1 N–H and O–H groups in total. The normalized spacial score (nSPS) is 10.5. The van der Waals surface area contributed by atoms with Crippen LogP contribution in [-0.4, -0.2) is 24.1 Å². The van der Waals surface area contributed by atoms with Crippen molar-refractivity contribution in [2.24, 2.45) is 0 Å². The summed E-state index contributed by atoms with van der Waals surface area (Å²) in [5.41, 5.74) is 2.01. The molecule has 0 atom stereocenters. The van der Waals surface area contributed by atoms with Crippen LogP contribution in [0.1, 0.15) is 11.3 Å². The molecule has 0 radical (unpaired) electrons. The lowest BCUT2D eigenvalue weighted by Gasteiger charge is -2.19. The second-order valence-electron chi connectivity index (χ2n) is 4.35. The lowest BCUT2D eigenvalue weighted by molar-refractivity contribution is 0.783. The van der Waals surface area contributed by atoms with E-state index in [9.17, 15) is 0 Å². The van der Waals surface area contributed by atoms with E-state index in [1.54, 1.807) is 6.20 Å². The van der Waals surface area contributed by atoms with Gasteiger partial charge in [0.15, 0.2) is 0 Å². The zero-order valence-electron chi connectivity index (χ0n) is 11.1. The summed E-state index contributed by atoms with van der Waals surface area (Å²) < 4.78 is 0. The molecule has 2 aromatic rings. The van der Waals surface area contributed by atoms with Crippen LogP contribution in [0.25, 0.3) is 0 Å². The first-order chi connectivity index (χ1) is 9.20. The maximum atomic E-state index is 6.11. The van der Waals surface area contributed by atoms with Crippen molar-refractivity contribution in [3.63, 3.8) is 0 Å². The summed E-state index contributed by atoms with van der Waals surface area (Å²) in [7, 11) is 3.89. The average Bonchev–Trinajstić information content (AvgIpc) is 2.42. The van der Waals surface area contributed by atoms with E-state index in [2.05, 4.69) is 20.2 Å². The van der Waals surface area contributed by atoms with Crippen LogP contribution >= 0.6 is 11.6 Å². The van der Waals surface area contributed by atoms with Gasteiger partial charge in [-0.2, -0.15) is 0 Å². The van der Waals surface area contributed by atoms with Crippen molar-refractivity contribution in [2.75, 3.05) is 19.0 Å². The Bertz CT molecular complexity index is 530. The van der Waals surface area contributed by atoms with Crippen molar-refractivity contribution in [1.82, 2.24) is 15.3 Å². The summed E-state index contributed by atoms with van der Waals surface area (Å²) in [6, 6.07) is 7.80. The molecule has 0 aliphatic carbocycles. The molecule has 0 aliphatic heterocycles. The zero-order valence-corrected chi connectivity index (χ0v) is 11.9. The van der Waals surface area contributed by atoms with E-state index in [1.807, 2.05) is 44.6 Å². The number of nitrogens with one attached hydrogen (secondary N) is 1. The molecule has 0 spiro atoms. The molecule has 0 amide bonds. The van der Waals surface area contributed by atoms with E-state index in [-0.39, 0.29) is 0 Å². The van der Waals surface area contributed by atoms with Crippen LogP contribution in [0.15, 0.2) is 36.7 Å². The molecule has 0 saturated heterocycles. The summed E-state index contributed by atoms with van der Waals surface area (Å²) in [5.74, 6) is 0.901. The molecule has 4 nitrogen and oxygen atoms in total. The van der Waals surface area contributed by atoms with Gasteiger partial charge in [0.2, 0.25) is 0 Å². The molecular formula is C14H17ClN4. The highest BCUT2D eigenvalue weighted by Gasteiger charge is 2.07. The van der Waals surface area contributed by atoms with Crippen LogP contribution < -0.4 is 10.2 Å². The summed E-state index contributed by atoms with van der Waals surface area (Å²) in [6.45, 7) is 1.43. The largest absolute Gasteiger partial charge is 0.355 e. The fraction of sp³-hybridized carbons (Fsp3) is 0.286. The number of nitrogens with zero attached hydrogens (tertiary/aromatic N) is 3. The molecule has 0 fully saturated rings. The summed E-state index contributed by atoms with van der Waals surface area (Å²) in [4.78, 5) is 10.8. The third kappa shape index (κ3) is 3.66. The molecule has 0 bridgehead atoms. The van der Waals surface area contributed by atoms with Gasteiger partial charge in [0.05, 0.1) is 10.7 Å². The topological polar surface area (TPSA) is 41.1 Å². The van der Waals surface area contributed by atoms with Gasteiger partial charge in [0.25, 0.3) is 0 Å². The number of hydrogen-bond acceptors (Lipinski definition) is 4. The minimum absolute atomic E-state index is 0.660. The van der Waals surface area contributed by atoms with Crippen LogP contribution in [0.5, 0.6) is 0 Å². The van der Waals surface area contributed by atoms with Crippen molar-refractivity contribution in [2.45, 2.75) is 13.1 Å². The minimum Gasteiger partial charge on any atom is -0.355 e. The quantitative estimate of drug-likeness (QED) is 0.911. The minimum atomic E-state index is 0.660. The second-order valence-corrected chi connectivity index (χ2v) is 4.75. The Morgan fingerprint density at radius 3 is 2.84 bits per heavy atom. The standard InChI is InChI=1S/C14H17ClN4/c1-16-9-13-12(15)5-6-14(18-13)19(2)10-11-4-3-7-17-8-11/h3-8,16H,9-10H2,1-2H3. The number of aromatic nitrogens is 2. The molecule has 2 rings (SSSR count). The van der Waals surface area contributed by atoms with Gasteiger partial charge >= 0.3 is 0 Å². The van der Waals surface area contributed by atoms with Gasteiger partial charge in [-0.3, -0.25) is 4.98 Å². The molecule has 100 valence electrons. The fourth-order valence-corrected chi connectivity index (χ4v) is 2.00. The Morgan fingerprint density at radius 1 is 1.32 bits per heavy atom. The van der Waals surface area contributed by atoms with Crippen LogP contribution in [0.4, 0.5) is 5.82 Å². The highest BCUT2D eigenvalue weighted by molar-refractivity contribution is 6.31. The van der Waals surface area contributed by atoms with Gasteiger partial charge in [0.1, 0.15) is 5.82 Å². The molecule has 2 aromatic heterocycles. The van der Waals surface area contributed by atoms with Gasteiger partial charge in [0, 0.05) is 32.5 Å². The molecule has 0 aromatic carbocycles. The Hall–Kier alpha value is -1.65. The van der Waals surface area contributed by atoms with E-state index in [0.717, 1.165) is 23.6 Å². The Balaban J connectivity index is 2.15. The predicted octanol–water partition coefficient (Wildman–Crippen LogP) is 2.49. The van der Waals surface area contributed by atoms with Crippen LogP contribution in [0.3, 0.4) is 0 Å². The van der Waals surface area contributed by atoms with Crippen molar-refractivity contribution >= 4 is 17.4 Å². The first kappa shape index (κ1) is 13.8. The van der Waals surface area contributed by atoms with Gasteiger partial charge in [-0.05, 0) is 30.8 Å². The molecule has 2 heterocycles. The van der Waals surface area contributed by atoms with E-state index in [1.165, 1.54) is 0 Å². The predicted molar refractivity (Wildman–Crippen MR) is 78.4 cm³/mol. The number of pyridine rings is 2. The lowest BCUT2D eigenvalue weighted by Crippen LogP contribution is -2.19. The first-order valence-electron chi connectivity index (χ1n) is 6.11. The number of anilines is 1. The van der Waals surface area contributed by atoms with Crippen LogP contribution in [0.2, 0.25) is 5.02 Å². The van der Waals surface area contributed by atoms with Gasteiger partial charge < -0.3 is 10.2 Å². The Kier molecular flexibility index (Phi) is 4.71. The average molecular weight is 277 g/mol. The summed E-state index contributed by atoms with van der Waals surface area (Å²) >= 11 is 6.11. The van der Waals surface area contributed by atoms with E-state index in [0.29, 0.717) is 11.6 Å². The maximum Gasteiger partial charge on any atom is 0.129 e. The van der Waals surface area contributed by atoms with E-state index in [4.69, 9.17) is 11.6 Å². The molecule has 0 unspecified atom stereocenters. The lowest BCUT2D eigenvalue weighted by atomic mass is 10.2. The monoisotopic (exact) mass is 276 g/mol. The van der Waals surface area contributed by atoms with E-state index >= 15 is 0 Å². The summed E-state index contributed by atoms with van der Waals surface area (Å²) in [5, 5.41) is 3.75. The Morgan fingerprint density at radius 2 is 2.16 bits per heavy atom. The van der Waals surface area contributed by atoms with Gasteiger partial charge in [-0.25, -0.2) is 4.98 Å². The molecule has 0 aliphatic rings. The van der Waals surface area contributed by atoms with Gasteiger partial charge in [-0.1, -0.05) is 17.7 Å². The first-order valence-corrected chi connectivity index (χ1v) is 6.48. The molecule has 0 saturated carbocycles. The SMILES string of the molecule is CNCc1nc(N(C)Cc2cccnc2)ccc1Cl. The highest BCUT2D eigenvalue weighted by Crippen LogP contribution is 2.19. The van der Waals surface area contributed by atoms with Crippen molar-refractivity contribution in [3.8, 4) is 0 Å². The zero-order chi connectivity index (χ0) is 13.7. The maximum absolute atomic E-state index is 6.11. The van der Waals surface area contributed by atoms with Crippen molar-refractivity contribution < 1.29 is 0 Å². The molecular weight excluding hydrogens is 260 g/mol. The second kappa shape index (κ2) is 6.50. The number of hydrogen-bond donors (Lipinski definition) is 1. The van der Waals surface area contributed by atoms with Gasteiger partial charge in [-0.15, -0.1) is 0 Å². The summed E-state index contributed by atoms with van der Waals surface area (Å²) in [6.07, 6.45) is 3.63. The number of rotatable bonds is 5. The third-order valence-electron chi connectivity index (χ3n) is 2.78. The number of halogens is 1. The van der Waals surface area contributed by atoms with Crippen molar-refractivity contribution in [1.29, 1.82) is 0 Å². The smallest absolute Gasteiger partial charge is 0.129 e. The highest BCUT2D eigenvalue weighted by atomic mass is 35.5. The van der Waals surface area contributed by atoms with E-state index < -0.39 is 0 Å². The molecule has 19 heavy (non-hydrogen) atoms. The third-order valence-corrected chi connectivity index (χ3v) is 3.13. The van der Waals surface area contributed by atoms with Crippen LogP contribution in [-0.2, 0) is 13.1 Å². The van der Waals surface area contributed by atoms with Crippen LogP contribution in [0, 0.1) is 0 Å². The molecule has 5 heteroatoms. The fourth-order valence-electron chi connectivity index (χ4n) is 1.82.